The second-order valence-corrected chi connectivity index (χ2v) is 7.36. The van der Waals surface area contributed by atoms with Gasteiger partial charge in [0.2, 0.25) is 5.91 Å². The summed E-state index contributed by atoms with van der Waals surface area (Å²) in [5.41, 5.74) is 2.75. The number of benzene rings is 1. The highest BCUT2D eigenvalue weighted by molar-refractivity contribution is 5.90. The van der Waals surface area contributed by atoms with E-state index in [9.17, 15) is 19.2 Å². The van der Waals surface area contributed by atoms with Gasteiger partial charge in [0.1, 0.15) is 11.9 Å². The lowest BCUT2D eigenvalue weighted by Crippen LogP contribution is -2.33. The Bertz CT molecular complexity index is 911. The Morgan fingerprint density at radius 2 is 2.17 bits per heavy atom. The molecular weight excluding hydrogens is 387 g/mol. The molecule has 2 aliphatic heterocycles. The second kappa shape index (κ2) is 9.44. The lowest BCUT2D eigenvalue weighted by atomic mass is 9.96. The van der Waals surface area contributed by atoms with Crippen LogP contribution in [0.15, 0.2) is 42.0 Å². The summed E-state index contributed by atoms with van der Waals surface area (Å²) in [6.07, 6.45) is 2.67. The van der Waals surface area contributed by atoms with Crippen molar-refractivity contribution in [3.05, 3.63) is 47.8 Å². The van der Waals surface area contributed by atoms with Crippen molar-refractivity contribution in [3.8, 4) is 6.07 Å². The monoisotopic (exact) mass is 412 g/mol. The summed E-state index contributed by atoms with van der Waals surface area (Å²) in [4.78, 5) is 26.5. The maximum absolute atomic E-state index is 14.9. The summed E-state index contributed by atoms with van der Waals surface area (Å²) in [7, 11) is 0. The minimum absolute atomic E-state index is 0.203. The molecule has 8 heteroatoms. The third-order valence-corrected chi connectivity index (χ3v) is 5.31. The van der Waals surface area contributed by atoms with Crippen LogP contribution in [0.4, 0.5) is 20.6 Å². The Balaban J connectivity index is 1.67. The Hall–Kier alpha value is -3.34. The van der Waals surface area contributed by atoms with Gasteiger partial charge in [-0.2, -0.15) is 5.26 Å². The molecule has 2 aliphatic rings. The van der Waals surface area contributed by atoms with E-state index in [0.717, 1.165) is 11.1 Å². The number of anilines is 2. The summed E-state index contributed by atoms with van der Waals surface area (Å²) < 4.78 is 20.1. The van der Waals surface area contributed by atoms with E-state index in [-0.39, 0.29) is 19.0 Å². The van der Waals surface area contributed by atoms with Crippen LogP contribution in [0, 0.1) is 17.1 Å². The van der Waals surface area contributed by atoms with E-state index in [4.69, 9.17) is 4.74 Å². The van der Waals surface area contributed by atoms with Crippen molar-refractivity contribution in [1.29, 1.82) is 5.26 Å². The summed E-state index contributed by atoms with van der Waals surface area (Å²) in [6, 6.07) is 6.95. The number of hydrogen-bond acceptors (Lipinski definition) is 5. The number of rotatable bonds is 6. The molecule has 1 aromatic rings. The number of ether oxygens (including phenoxy) is 1. The van der Waals surface area contributed by atoms with Gasteiger partial charge in [-0.05, 0) is 31.0 Å². The first-order valence-electron chi connectivity index (χ1n) is 9.92. The molecule has 2 heterocycles. The van der Waals surface area contributed by atoms with Crippen molar-refractivity contribution >= 4 is 23.4 Å². The summed E-state index contributed by atoms with van der Waals surface area (Å²) in [5, 5.41) is 11.9. The minimum Gasteiger partial charge on any atom is -0.442 e. The van der Waals surface area contributed by atoms with E-state index < -0.39 is 18.0 Å². The molecule has 0 aliphatic carbocycles. The number of hydrogen-bond donors (Lipinski definition) is 1. The van der Waals surface area contributed by atoms with Gasteiger partial charge in [-0.3, -0.25) is 9.69 Å². The standard InChI is InChI=1S/C22H25FN4O3/c1-3-4-17(12-24)16-7-9-26(10-8-16)21-6-5-18(11-20(21)23)27-14-19(30-22(27)29)13-25-15(2)28/h3,5-6,11,19H,1,4,7-10,13-14H2,2H3,(H,25,28)/t19-/m0/s1. The third kappa shape index (κ3) is 4.79. The molecule has 2 saturated heterocycles. The van der Waals surface area contributed by atoms with E-state index in [1.165, 1.54) is 17.9 Å². The van der Waals surface area contributed by atoms with Crippen LogP contribution in [0.1, 0.15) is 26.2 Å². The fraction of sp³-hybridized carbons (Fsp3) is 0.409. The molecule has 30 heavy (non-hydrogen) atoms. The summed E-state index contributed by atoms with van der Waals surface area (Å²) in [6.45, 7) is 6.79. The van der Waals surface area contributed by atoms with Crippen LogP contribution in [-0.4, -0.2) is 44.3 Å². The summed E-state index contributed by atoms with van der Waals surface area (Å²) >= 11 is 0. The lowest BCUT2D eigenvalue weighted by Gasteiger charge is -2.31. The average Bonchev–Trinajstić information content (AvgIpc) is 3.11. The van der Waals surface area contributed by atoms with Gasteiger partial charge in [0.15, 0.2) is 0 Å². The number of halogens is 1. The molecule has 0 bridgehead atoms. The smallest absolute Gasteiger partial charge is 0.414 e. The van der Waals surface area contributed by atoms with Crippen molar-refractivity contribution in [3.63, 3.8) is 0 Å². The Labute approximate surface area is 175 Å². The third-order valence-electron chi connectivity index (χ3n) is 5.31. The van der Waals surface area contributed by atoms with Gasteiger partial charge in [-0.15, -0.1) is 6.58 Å². The van der Waals surface area contributed by atoms with Crippen molar-refractivity contribution in [1.82, 2.24) is 5.32 Å². The summed E-state index contributed by atoms with van der Waals surface area (Å²) in [5.74, 6) is -0.615. The zero-order chi connectivity index (χ0) is 21.7. The van der Waals surface area contributed by atoms with Gasteiger partial charge in [0.25, 0.3) is 0 Å². The number of nitrogens with zero attached hydrogens (tertiary/aromatic N) is 3. The van der Waals surface area contributed by atoms with Gasteiger partial charge in [0, 0.05) is 32.0 Å². The van der Waals surface area contributed by atoms with Crippen molar-refractivity contribution in [2.75, 3.05) is 36.0 Å². The molecule has 0 radical (unpaired) electrons. The topological polar surface area (TPSA) is 85.7 Å². The molecule has 1 atom stereocenters. The van der Waals surface area contributed by atoms with E-state index >= 15 is 0 Å². The number of amides is 2. The molecule has 0 unspecified atom stereocenters. The van der Waals surface area contributed by atoms with Crippen LogP contribution < -0.4 is 15.1 Å². The quantitative estimate of drug-likeness (QED) is 0.572. The molecular formula is C22H25FN4O3. The maximum atomic E-state index is 14.9. The molecule has 7 nitrogen and oxygen atoms in total. The number of nitriles is 1. The van der Waals surface area contributed by atoms with Gasteiger partial charge in [-0.25, -0.2) is 9.18 Å². The van der Waals surface area contributed by atoms with Gasteiger partial charge >= 0.3 is 6.09 Å². The first-order chi connectivity index (χ1) is 14.4. The molecule has 2 amide bonds. The fourth-order valence-corrected chi connectivity index (χ4v) is 3.75. The van der Waals surface area contributed by atoms with E-state index in [1.54, 1.807) is 18.2 Å². The number of cyclic esters (lactones) is 1. The lowest BCUT2D eigenvalue weighted by molar-refractivity contribution is -0.119. The molecule has 158 valence electrons. The predicted octanol–water partition coefficient (Wildman–Crippen LogP) is 3.28. The van der Waals surface area contributed by atoms with Crippen molar-refractivity contribution < 1.29 is 18.7 Å². The number of piperidine rings is 1. The maximum Gasteiger partial charge on any atom is 0.414 e. The van der Waals surface area contributed by atoms with Crippen molar-refractivity contribution in [2.24, 2.45) is 0 Å². The molecule has 1 N–H and O–H groups in total. The number of nitrogens with one attached hydrogen (secondary N) is 1. The molecule has 1 aromatic carbocycles. The van der Waals surface area contributed by atoms with Crippen LogP contribution in [0.5, 0.6) is 0 Å². The van der Waals surface area contributed by atoms with Gasteiger partial charge in [0.05, 0.1) is 30.5 Å². The minimum atomic E-state index is -0.559. The number of carbonyl (C=O) groups is 2. The van der Waals surface area contributed by atoms with Crippen LogP contribution in [0.3, 0.4) is 0 Å². The van der Waals surface area contributed by atoms with E-state index in [0.29, 0.717) is 43.7 Å². The Morgan fingerprint density at radius 3 is 2.77 bits per heavy atom. The fourth-order valence-electron chi connectivity index (χ4n) is 3.75. The Kier molecular flexibility index (Phi) is 6.72. The first kappa shape index (κ1) is 21.4. The highest BCUT2D eigenvalue weighted by atomic mass is 19.1. The molecule has 3 rings (SSSR count). The van der Waals surface area contributed by atoms with Gasteiger partial charge < -0.3 is 15.0 Å². The second-order valence-electron chi connectivity index (χ2n) is 7.36. The molecule has 0 aromatic heterocycles. The highest BCUT2D eigenvalue weighted by Gasteiger charge is 2.33. The molecule has 2 fully saturated rings. The van der Waals surface area contributed by atoms with E-state index in [2.05, 4.69) is 18.0 Å². The number of allylic oxidation sites excluding steroid dienone is 2. The van der Waals surface area contributed by atoms with Crippen LogP contribution in [0.2, 0.25) is 0 Å². The van der Waals surface area contributed by atoms with E-state index in [1.807, 2.05) is 4.90 Å². The average molecular weight is 412 g/mol. The SMILES string of the molecule is C=CCC(C#N)=C1CCN(c2ccc(N3C[C@H](CNC(C)=O)OC3=O)cc2F)CC1. The zero-order valence-corrected chi connectivity index (χ0v) is 17.0. The zero-order valence-electron chi connectivity index (χ0n) is 17.0. The normalized spacial score (nSPS) is 18.6. The highest BCUT2D eigenvalue weighted by Crippen LogP contribution is 2.31. The predicted molar refractivity (Wildman–Crippen MR) is 112 cm³/mol. The largest absolute Gasteiger partial charge is 0.442 e. The van der Waals surface area contributed by atoms with Crippen molar-refractivity contribution in [2.45, 2.75) is 32.3 Å². The van der Waals surface area contributed by atoms with Gasteiger partial charge in [-0.1, -0.05) is 11.6 Å². The van der Waals surface area contributed by atoms with Crippen LogP contribution in [0.25, 0.3) is 0 Å². The first-order valence-corrected chi connectivity index (χ1v) is 9.92. The van der Waals surface area contributed by atoms with Crippen LogP contribution in [-0.2, 0) is 9.53 Å². The Morgan fingerprint density at radius 1 is 1.43 bits per heavy atom. The van der Waals surface area contributed by atoms with Crippen LogP contribution >= 0.6 is 0 Å². The molecule has 0 saturated carbocycles. The molecule has 0 spiro atoms. The number of carbonyl (C=O) groups excluding carboxylic acids is 2.